The zero-order valence-corrected chi connectivity index (χ0v) is 13.0. The van der Waals surface area contributed by atoms with Crippen LogP contribution >= 0.6 is 0 Å². The van der Waals surface area contributed by atoms with Crippen LogP contribution in [0.3, 0.4) is 0 Å². The van der Waals surface area contributed by atoms with E-state index in [1.807, 2.05) is 27.7 Å². The van der Waals surface area contributed by atoms with Crippen LogP contribution in [-0.2, 0) is 16.0 Å². The second-order valence-electron chi connectivity index (χ2n) is 7.05. The monoisotopic (exact) mass is 294 g/mol. The van der Waals surface area contributed by atoms with Crippen molar-refractivity contribution in [2.75, 3.05) is 0 Å². The Bertz CT molecular complexity index is 519. The van der Waals surface area contributed by atoms with E-state index in [0.29, 0.717) is 12.8 Å². The first-order chi connectivity index (χ1) is 9.61. The molecule has 1 aliphatic rings. The van der Waals surface area contributed by atoms with Crippen molar-refractivity contribution in [3.63, 3.8) is 0 Å². The largest absolute Gasteiger partial charge is 0.481 e. The maximum atomic E-state index is 13.0. The molecule has 0 aliphatic carbocycles. The summed E-state index contributed by atoms with van der Waals surface area (Å²) < 4.78 is 19.0. The van der Waals surface area contributed by atoms with Gasteiger partial charge in [0.1, 0.15) is 5.82 Å². The number of carboxylic acid groups (broad SMARTS) is 1. The Morgan fingerprint density at radius 3 is 2.33 bits per heavy atom. The Morgan fingerprint density at radius 2 is 1.90 bits per heavy atom. The summed E-state index contributed by atoms with van der Waals surface area (Å²) in [6, 6.07) is 6.04. The van der Waals surface area contributed by atoms with E-state index < -0.39 is 17.5 Å². The highest BCUT2D eigenvalue weighted by atomic mass is 19.1. The van der Waals surface area contributed by atoms with Gasteiger partial charge in [-0.25, -0.2) is 4.39 Å². The number of carboxylic acids is 1. The number of carbonyl (C=O) groups is 1. The first-order valence-corrected chi connectivity index (χ1v) is 7.28. The molecule has 1 N–H and O–H groups in total. The fraction of sp³-hybridized carbons (Fsp3) is 0.588. The number of hydrogen-bond acceptors (Lipinski definition) is 2. The van der Waals surface area contributed by atoms with Gasteiger partial charge in [-0.15, -0.1) is 0 Å². The summed E-state index contributed by atoms with van der Waals surface area (Å²) >= 11 is 0. The third-order valence-corrected chi connectivity index (χ3v) is 4.32. The van der Waals surface area contributed by atoms with Crippen LogP contribution in [0.15, 0.2) is 24.3 Å². The molecule has 2 rings (SSSR count). The first-order valence-electron chi connectivity index (χ1n) is 7.28. The van der Waals surface area contributed by atoms with Gasteiger partial charge in [-0.2, -0.15) is 0 Å². The summed E-state index contributed by atoms with van der Waals surface area (Å²) in [5.41, 5.74) is 0.0429. The number of ether oxygens (including phenoxy) is 1. The lowest BCUT2D eigenvalue weighted by atomic mass is 9.75. The average Bonchev–Trinajstić information content (AvgIpc) is 2.56. The second kappa shape index (κ2) is 5.41. The molecular weight excluding hydrogens is 271 g/mol. The van der Waals surface area contributed by atoms with E-state index in [0.717, 1.165) is 5.56 Å². The van der Waals surface area contributed by atoms with E-state index in [1.54, 1.807) is 12.1 Å². The Labute approximate surface area is 125 Å². The van der Waals surface area contributed by atoms with Crippen molar-refractivity contribution in [1.82, 2.24) is 0 Å². The minimum absolute atomic E-state index is 0.0740. The third kappa shape index (κ3) is 3.62. The summed E-state index contributed by atoms with van der Waals surface area (Å²) in [5, 5.41) is 9.62. The van der Waals surface area contributed by atoms with Gasteiger partial charge >= 0.3 is 5.97 Å². The molecular formula is C17H23FO3. The fourth-order valence-corrected chi connectivity index (χ4v) is 3.51. The van der Waals surface area contributed by atoms with E-state index in [9.17, 15) is 14.3 Å². The number of rotatable bonds is 4. The van der Waals surface area contributed by atoms with Crippen LogP contribution in [0.1, 0.15) is 39.7 Å². The molecule has 0 bridgehead atoms. The predicted molar refractivity (Wildman–Crippen MR) is 78.6 cm³/mol. The summed E-state index contributed by atoms with van der Waals surface area (Å²) in [6.45, 7) is 7.89. The molecule has 21 heavy (non-hydrogen) atoms. The van der Waals surface area contributed by atoms with Crippen LogP contribution in [-0.4, -0.2) is 22.3 Å². The number of aliphatic carboxylic acids is 1. The van der Waals surface area contributed by atoms with Crippen molar-refractivity contribution >= 4 is 5.97 Å². The Balaban J connectivity index is 2.23. The summed E-state index contributed by atoms with van der Waals surface area (Å²) in [6.07, 6.45) is 1.10. The molecule has 0 radical (unpaired) electrons. The van der Waals surface area contributed by atoms with Crippen molar-refractivity contribution in [2.24, 2.45) is 11.8 Å². The smallest absolute Gasteiger partial charge is 0.307 e. The van der Waals surface area contributed by atoms with Crippen LogP contribution in [0.4, 0.5) is 4.39 Å². The van der Waals surface area contributed by atoms with Crippen LogP contribution in [0, 0.1) is 17.7 Å². The quantitative estimate of drug-likeness (QED) is 0.921. The molecule has 0 spiro atoms. The maximum absolute atomic E-state index is 13.0. The van der Waals surface area contributed by atoms with E-state index in [2.05, 4.69) is 0 Å². The summed E-state index contributed by atoms with van der Waals surface area (Å²) in [7, 11) is 0. The van der Waals surface area contributed by atoms with E-state index in [4.69, 9.17) is 4.74 Å². The normalized spacial score (nSPS) is 24.7. The highest BCUT2D eigenvalue weighted by Crippen LogP contribution is 2.46. The minimum Gasteiger partial charge on any atom is -0.481 e. The van der Waals surface area contributed by atoms with Gasteiger partial charge in [0, 0.05) is 5.92 Å². The second-order valence-corrected chi connectivity index (χ2v) is 7.05. The van der Waals surface area contributed by atoms with Crippen molar-refractivity contribution < 1.29 is 19.0 Å². The average molecular weight is 294 g/mol. The highest BCUT2D eigenvalue weighted by molar-refractivity contribution is 5.71. The maximum Gasteiger partial charge on any atom is 0.307 e. The molecule has 0 aromatic heterocycles. The molecule has 2 atom stereocenters. The minimum atomic E-state index is -0.821. The van der Waals surface area contributed by atoms with E-state index in [1.165, 1.54) is 12.1 Å². The first kappa shape index (κ1) is 16.0. The van der Waals surface area contributed by atoms with Gasteiger partial charge in [0.25, 0.3) is 0 Å². The lowest BCUT2D eigenvalue weighted by molar-refractivity contribution is -0.147. The van der Waals surface area contributed by atoms with Crippen molar-refractivity contribution in [2.45, 2.75) is 51.7 Å². The van der Waals surface area contributed by atoms with Gasteiger partial charge in [0.2, 0.25) is 0 Å². The van der Waals surface area contributed by atoms with Gasteiger partial charge in [0.15, 0.2) is 0 Å². The van der Waals surface area contributed by atoms with Crippen LogP contribution in [0.2, 0.25) is 0 Å². The fourth-order valence-electron chi connectivity index (χ4n) is 3.51. The van der Waals surface area contributed by atoms with Crippen molar-refractivity contribution in [3.05, 3.63) is 35.6 Å². The molecule has 2 unspecified atom stereocenters. The predicted octanol–water partition coefficient (Wildman–Crippen LogP) is 3.66. The Morgan fingerprint density at radius 1 is 1.33 bits per heavy atom. The molecule has 116 valence electrons. The molecule has 1 saturated heterocycles. The molecule has 1 aromatic rings. The molecule has 1 aliphatic heterocycles. The van der Waals surface area contributed by atoms with Gasteiger partial charge < -0.3 is 9.84 Å². The lowest BCUT2D eigenvalue weighted by Gasteiger charge is -2.31. The molecule has 0 amide bonds. The van der Waals surface area contributed by atoms with E-state index in [-0.39, 0.29) is 17.3 Å². The van der Waals surface area contributed by atoms with Crippen molar-refractivity contribution in [1.29, 1.82) is 0 Å². The van der Waals surface area contributed by atoms with Gasteiger partial charge in [0.05, 0.1) is 17.1 Å². The van der Waals surface area contributed by atoms with Crippen LogP contribution in [0.5, 0.6) is 0 Å². The Hall–Kier alpha value is -1.42. The zero-order valence-electron chi connectivity index (χ0n) is 13.0. The van der Waals surface area contributed by atoms with Gasteiger partial charge in [-0.3, -0.25) is 4.79 Å². The SMILES string of the molecule is CC1(C)CC(C(Cc2ccc(F)cc2)C(=O)O)C(C)(C)O1. The topological polar surface area (TPSA) is 46.5 Å². The van der Waals surface area contributed by atoms with E-state index >= 15 is 0 Å². The Kier molecular flexibility index (Phi) is 4.11. The summed E-state index contributed by atoms with van der Waals surface area (Å²) in [4.78, 5) is 11.7. The summed E-state index contributed by atoms with van der Waals surface area (Å²) in [5.74, 6) is -1.74. The number of halogens is 1. The molecule has 1 aromatic carbocycles. The van der Waals surface area contributed by atoms with Crippen molar-refractivity contribution in [3.8, 4) is 0 Å². The molecule has 3 nitrogen and oxygen atoms in total. The van der Waals surface area contributed by atoms with Gasteiger partial charge in [-0.1, -0.05) is 12.1 Å². The molecule has 1 fully saturated rings. The molecule has 4 heteroatoms. The number of hydrogen-bond donors (Lipinski definition) is 1. The number of benzene rings is 1. The molecule has 0 saturated carbocycles. The van der Waals surface area contributed by atoms with Crippen LogP contribution in [0.25, 0.3) is 0 Å². The van der Waals surface area contributed by atoms with Crippen LogP contribution < -0.4 is 0 Å². The standard InChI is InChI=1S/C17H23FO3/c1-16(2)10-14(17(3,4)21-16)13(15(19)20)9-11-5-7-12(18)8-6-11/h5-8,13-14H,9-10H2,1-4H3,(H,19,20). The molecule has 1 heterocycles. The zero-order chi connectivity index (χ0) is 15.8. The third-order valence-electron chi connectivity index (χ3n) is 4.32. The van der Waals surface area contributed by atoms with Gasteiger partial charge in [-0.05, 0) is 58.2 Å². The lowest BCUT2D eigenvalue weighted by Crippen LogP contribution is -2.37. The highest BCUT2D eigenvalue weighted by Gasteiger charge is 2.50.